The highest BCUT2D eigenvalue weighted by Gasteiger charge is 2.30. The number of hydrogen-bond acceptors (Lipinski definition) is 1. The molecule has 0 heterocycles. The molecule has 0 saturated heterocycles. The largest absolute Gasteiger partial charge is 0.303 e. The summed E-state index contributed by atoms with van der Waals surface area (Å²) in [6, 6.07) is 0. The van der Waals surface area contributed by atoms with Crippen LogP contribution in [0.3, 0.4) is 0 Å². The van der Waals surface area contributed by atoms with Crippen LogP contribution < -0.4 is 0 Å². The molecular weight excluding hydrogens is 148 g/mol. The SMILES string of the molecule is CC(C)(C)[C]1CCCC(C=O)C1. The molecule has 1 unspecified atom stereocenters. The van der Waals surface area contributed by atoms with Gasteiger partial charge in [-0.1, -0.05) is 27.2 Å². The normalized spacial score (nSPS) is 27.1. The second kappa shape index (κ2) is 3.59. The Morgan fingerprint density at radius 1 is 1.42 bits per heavy atom. The van der Waals surface area contributed by atoms with Crippen LogP contribution in [0.25, 0.3) is 0 Å². The quantitative estimate of drug-likeness (QED) is 0.549. The molecule has 1 heteroatoms. The van der Waals surface area contributed by atoms with Gasteiger partial charge >= 0.3 is 0 Å². The van der Waals surface area contributed by atoms with Crippen LogP contribution in [0.4, 0.5) is 0 Å². The number of carbonyl (C=O) groups is 1. The molecule has 1 atom stereocenters. The average molecular weight is 167 g/mol. The first-order valence-electron chi connectivity index (χ1n) is 4.84. The van der Waals surface area contributed by atoms with Gasteiger partial charge in [-0.25, -0.2) is 0 Å². The minimum absolute atomic E-state index is 0.307. The van der Waals surface area contributed by atoms with Gasteiger partial charge in [0.2, 0.25) is 0 Å². The Bertz CT molecular complexity index is 155. The van der Waals surface area contributed by atoms with Crippen LogP contribution in [0, 0.1) is 17.3 Å². The minimum Gasteiger partial charge on any atom is -0.303 e. The van der Waals surface area contributed by atoms with Crippen molar-refractivity contribution in [3.63, 3.8) is 0 Å². The predicted molar refractivity (Wildman–Crippen MR) is 50.7 cm³/mol. The highest BCUT2D eigenvalue weighted by molar-refractivity contribution is 5.54. The van der Waals surface area contributed by atoms with Crippen LogP contribution in [-0.2, 0) is 4.79 Å². The Balaban J connectivity index is 2.51. The van der Waals surface area contributed by atoms with Gasteiger partial charge in [0.1, 0.15) is 6.29 Å². The Labute approximate surface area is 75.5 Å². The number of hydrogen-bond donors (Lipinski definition) is 0. The smallest absolute Gasteiger partial charge is 0.123 e. The van der Waals surface area contributed by atoms with Crippen LogP contribution in [-0.4, -0.2) is 6.29 Å². The van der Waals surface area contributed by atoms with Gasteiger partial charge in [-0.3, -0.25) is 0 Å². The zero-order valence-corrected chi connectivity index (χ0v) is 8.39. The van der Waals surface area contributed by atoms with Crippen molar-refractivity contribution < 1.29 is 4.79 Å². The first-order chi connectivity index (χ1) is 5.54. The van der Waals surface area contributed by atoms with Crippen LogP contribution in [0.1, 0.15) is 46.5 Å². The van der Waals surface area contributed by atoms with E-state index in [1.165, 1.54) is 12.8 Å². The lowest BCUT2D eigenvalue weighted by Gasteiger charge is -2.35. The maximum absolute atomic E-state index is 10.6. The summed E-state index contributed by atoms with van der Waals surface area (Å²) in [4.78, 5) is 10.6. The van der Waals surface area contributed by atoms with E-state index < -0.39 is 0 Å². The van der Waals surface area contributed by atoms with E-state index in [4.69, 9.17) is 0 Å². The van der Waals surface area contributed by atoms with Gasteiger partial charge in [-0.2, -0.15) is 0 Å². The van der Waals surface area contributed by atoms with Gasteiger partial charge in [0.05, 0.1) is 0 Å². The molecule has 0 N–H and O–H groups in total. The lowest BCUT2D eigenvalue weighted by atomic mass is 9.69. The van der Waals surface area contributed by atoms with Crippen molar-refractivity contribution in [1.29, 1.82) is 0 Å². The molecular formula is C11H19O. The third-order valence-electron chi connectivity index (χ3n) is 2.82. The van der Waals surface area contributed by atoms with E-state index >= 15 is 0 Å². The lowest BCUT2D eigenvalue weighted by molar-refractivity contribution is -0.111. The summed E-state index contributed by atoms with van der Waals surface area (Å²) < 4.78 is 0. The third kappa shape index (κ3) is 2.33. The fourth-order valence-electron chi connectivity index (χ4n) is 1.90. The summed E-state index contributed by atoms with van der Waals surface area (Å²) in [5.74, 6) is 1.89. The number of rotatable bonds is 1. The third-order valence-corrected chi connectivity index (χ3v) is 2.82. The lowest BCUT2D eigenvalue weighted by Crippen LogP contribution is -2.25. The van der Waals surface area contributed by atoms with Gasteiger partial charge in [0.15, 0.2) is 0 Å². The second-order valence-corrected chi connectivity index (χ2v) is 4.85. The molecule has 1 rings (SSSR count). The zero-order valence-electron chi connectivity index (χ0n) is 8.39. The maximum Gasteiger partial charge on any atom is 0.123 e. The van der Waals surface area contributed by atoms with Crippen LogP contribution in [0.5, 0.6) is 0 Å². The van der Waals surface area contributed by atoms with Gasteiger partial charge in [0.25, 0.3) is 0 Å². The first-order valence-corrected chi connectivity index (χ1v) is 4.84. The molecule has 0 aromatic heterocycles. The summed E-state index contributed by atoms with van der Waals surface area (Å²) >= 11 is 0. The van der Waals surface area contributed by atoms with Gasteiger partial charge in [-0.15, -0.1) is 0 Å². The van der Waals surface area contributed by atoms with E-state index in [0.717, 1.165) is 19.1 Å². The summed E-state index contributed by atoms with van der Waals surface area (Å²) in [5, 5.41) is 0. The van der Waals surface area contributed by atoms with E-state index in [9.17, 15) is 4.79 Å². The molecule has 69 valence electrons. The summed E-state index contributed by atoms with van der Waals surface area (Å²) in [6.07, 6.45) is 5.70. The molecule has 0 amide bonds. The molecule has 0 aromatic carbocycles. The fourth-order valence-corrected chi connectivity index (χ4v) is 1.90. The van der Waals surface area contributed by atoms with Gasteiger partial charge in [-0.05, 0) is 30.6 Å². The number of aldehydes is 1. The molecule has 0 aromatic rings. The molecule has 1 radical (unpaired) electrons. The van der Waals surface area contributed by atoms with Crippen molar-refractivity contribution >= 4 is 6.29 Å². The van der Waals surface area contributed by atoms with Crippen LogP contribution in [0.2, 0.25) is 0 Å². The fraction of sp³-hybridized carbons (Fsp3) is 0.818. The van der Waals surface area contributed by atoms with E-state index in [0.29, 0.717) is 11.3 Å². The molecule has 0 spiro atoms. The van der Waals surface area contributed by atoms with E-state index in [1.807, 2.05) is 0 Å². The van der Waals surface area contributed by atoms with Crippen molar-refractivity contribution in [3.8, 4) is 0 Å². The number of carbonyl (C=O) groups excluding carboxylic acids is 1. The van der Waals surface area contributed by atoms with Crippen molar-refractivity contribution in [2.24, 2.45) is 11.3 Å². The summed E-state index contributed by atoms with van der Waals surface area (Å²) in [6.45, 7) is 6.74. The van der Waals surface area contributed by atoms with E-state index in [-0.39, 0.29) is 0 Å². The molecule has 1 nitrogen and oxygen atoms in total. The molecule has 1 aliphatic rings. The van der Waals surface area contributed by atoms with Crippen LogP contribution in [0.15, 0.2) is 0 Å². The summed E-state index contributed by atoms with van der Waals surface area (Å²) in [5.41, 5.74) is 0.307. The summed E-state index contributed by atoms with van der Waals surface area (Å²) in [7, 11) is 0. The molecule has 12 heavy (non-hydrogen) atoms. The Kier molecular flexibility index (Phi) is 2.92. The molecule has 1 fully saturated rings. The predicted octanol–water partition coefficient (Wildman–Crippen LogP) is 3.00. The van der Waals surface area contributed by atoms with E-state index in [2.05, 4.69) is 20.8 Å². The van der Waals surface area contributed by atoms with Crippen molar-refractivity contribution in [2.75, 3.05) is 0 Å². The van der Waals surface area contributed by atoms with Gasteiger partial charge < -0.3 is 4.79 Å². The second-order valence-electron chi connectivity index (χ2n) is 4.85. The molecule has 0 bridgehead atoms. The monoisotopic (exact) mass is 167 g/mol. The van der Waals surface area contributed by atoms with Gasteiger partial charge in [0, 0.05) is 5.92 Å². The Morgan fingerprint density at radius 3 is 2.58 bits per heavy atom. The highest BCUT2D eigenvalue weighted by Crippen LogP contribution is 2.41. The minimum atomic E-state index is 0.307. The van der Waals surface area contributed by atoms with Crippen molar-refractivity contribution in [3.05, 3.63) is 5.92 Å². The van der Waals surface area contributed by atoms with Crippen LogP contribution >= 0.6 is 0 Å². The molecule has 1 saturated carbocycles. The first kappa shape index (κ1) is 9.76. The Hall–Kier alpha value is -0.330. The zero-order chi connectivity index (χ0) is 9.19. The topological polar surface area (TPSA) is 17.1 Å². The van der Waals surface area contributed by atoms with E-state index in [1.54, 1.807) is 5.92 Å². The molecule has 1 aliphatic carbocycles. The van der Waals surface area contributed by atoms with Crippen molar-refractivity contribution in [2.45, 2.75) is 46.5 Å². The highest BCUT2D eigenvalue weighted by atomic mass is 16.1. The molecule has 0 aliphatic heterocycles. The standard InChI is InChI=1S/C11H19O/c1-11(2,3)10-6-4-5-9(7-10)8-12/h8-9H,4-7H2,1-3H3. The maximum atomic E-state index is 10.6. The average Bonchev–Trinajstić information content (AvgIpc) is 2.03. The Morgan fingerprint density at radius 2 is 2.08 bits per heavy atom. The van der Waals surface area contributed by atoms with Crippen molar-refractivity contribution in [1.82, 2.24) is 0 Å².